The molecule has 1 aromatic rings. The van der Waals surface area contributed by atoms with Crippen LogP contribution in [0.1, 0.15) is 37.3 Å². The average molecular weight is 292 g/mol. The number of nitrogens with one attached hydrogen (secondary N) is 1. The number of piperidine rings is 1. The molecule has 1 fully saturated rings. The summed E-state index contributed by atoms with van der Waals surface area (Å²) >= 11 is 6.26. The summed E-state index contributed by atoms with van der Waals surface area (Å²) in [6, 6.07) is 8.28. The van der Waals surface area contributed by atoms with Gasteiger partial charge in [-0.1, -0.05) is 31.0 Å². The van der Waals surface area contributed by atoms with E-state index in [1.165, 1.54) is 19.3 Å². The Morgan fingerprint density at radius 1 is 1.45 bits per heavy atom. The summed E-state index contributed by atoms with van der Waals surface area (Å²) in [7, 11) is 0. The van der Waals surface area contributed by atoms with Crippen LogP contribution in [0.2, 0.25) is 5.02 Å². The Labute approximate surface area is 126 Å². The van der Waals surface area contributed by atoms with Crippen molar-refractivity contribution in [1.29, 1.82) is 5.26 Å². The normalized spacial score (nSPS) is 19.0. The lowest BCUT2D eigenvalue weighted by atomic mass is 10.0. The van der Waals surface area contributed by atoms with Gasteiger partial charge in [-0.2, -0.15) is 5.26 Å². The van der Waals surface area contributed by atoms with Gasteiger partial charge in [0.25, 0.3) is 0 Å². The smallest absolute Gasteiger partial charge is 0.0992 e. The van der Waals surface area contributed by atoms with E-state index in [0.717, 1.165) is 31.7 Å². The van der Waals surface area contributed by atoms with E-state index in [1.54, 1.807) is 6.07 Å². The third-order valence-corrected chi connectivity index (χ3v) is 4.27. The monoisotopic (exact) mass is 291 g/mol. The third kappa shape index (κ3) is 4.21. The van der Waals surface area contributed by atoms with Crippen molar-refractivity contribution in [1.82, 2.24) is 10.2 Å². The average Bonchev–Trinajstić information content (AvgIpc) is 2.49. The Kier molecular flexibility index (Phi) is 5.85. The fraction of sp³-hybridized carbons (Fsp3) is 0.562. The number of benzene rings is 1. The van der Waals surface area contributed by atoms with E-state index in [2.05, 4.69) is 23.2 Å². The molecule has 1 saturated heterocycles. The summed E-state index contributed by atoms with van der Waals surface area (Å²) in [4.78, 5) is 2.41. The molecule has 1 heterocycles. The Balaban J connectivity index is 1.97. The highest BCUT2D eigenvalue weighted by Gasteiger charge is 2.16. The maximum atomic E-state index is 8.87. The number of rotatable bonds is 5. The van der Waals surface area contributed by atoms with E-state index in [0.29, 0.717) is 16.6 Å². The van der Waals surface area contributed by atoms with Crippen molar-refractivity contribution in [2.75, 3.05) is 19.6 Å². The lowest BCUT2D eigenvalue weighted by Gasteiger charge is -2.30. The summed E-state index contributed by atoms with van der Waals surface area (Å²) in [5.74, 6) is 0. The number of nitriles is 1. The molecule has 1 N–H and O–H groups in total. The maximum Gasteiger partial charge on any atom is 0.0992 e. The van der Waals surface area contributed by atoms with Crippen molar-refractivity contribution in [3.05, 3.63) is 34.3 Å². The Bertz CT molecular complexity index is 475. The molecule has 1 aliphatic rings. The quantitative estimate of drug-likeness (QED) is 0.906. The molecular formula is C16H22ClN3. The van der Waals surface area contributed by atoms with Gasteiger partial charge in [0.15, 0.2) is 0 Å². The van der Waals surface area contributed by atoms with Crippen molar-refractivity contribution < 1.29 is 0 Å². The Hall–Kier alpha value is -1.08. The van der Waals surface area contributed by atoms with Crippen LogP contribution in [0.3, 0.4) is 0 Å². The second-order valence-corrected chi connectivity index (χ2v) is 5.80. The second kappa shape index (κ2) is 7.64. The van der Waals surface area contributed by atoms with Gasteiger partial charge in [0.1, 0.15) is 0 Å². The van der Waals surface area contributed by atoms with Crippen LogP contribution in [-0.4, -0.2) is 30.6 Å². The SMILES string of the molecule is CCN(Cc1ccc(C#N)cc1Cl)CC1CCCCN1. The van der Waals surface area contributed by atoms with Crippen LogP contribution in [0.25, 0.3) is 0 Å². The summed E-state index contributed by atoms with van der Waals surface area (Å²) in [5, 5.41) is 13.1. The van der Waals surface area contributed by atoms with Crippen LogP contribution < -0.4 is 5.32 Å². The predicted molar refractivity (Wildman–Crippen MR) is 82.8 cm³/mol. The molecular weight excluding hydrogens is 270 g/mol. The topological polar surface area (TPSA) is 39.1 Å². The van der Waals surface area contributed by atoms with Crippen molar-refractivity contribution in [2.45, 2.75) is 38.8 Å². The Morgan fingerprint density at radius 2 is 2.30 bits per heavy atom. The van der Waals surface area contributed by atoms with E-state index < -0.39 is 0 Å². The molecule has 20 heavy (non-hydrogen) atoms. The fourth-order valence-electron chi connectivity index (χ4n) is 2.68. The van der Waals surface area contributed by atoms with E-state index in [1.807, 2.05) is 12.1 Å². The molecule has 0 spiro atoms. The summed E-state index contributed by atoms with van der Waals surface area (Å²) in [5.41, 5.74) is 1.72. The number of nitrogens with zero attached hydrogens (tertiary/aromatic N) is 2. The Morgan fingerprint density at radius 3 is 2.90 bits per heavy atom. The van der Waals surface area contributed by atoms with Crippen LogP contribution in [0.5, 0.6) is 0 Å². The molecule has 0 aliphatic carbocycles. The minimum atomic E-state index is 0.598. The molecule has 1 aliphatic heterocycles. The first-order valence-corrected chi connectivity index (χ1v) is 7.75. The van der Waals surface area contributed by atoms with E-state index in [4.69, 9.17) is 16.9 Å². The first-order valence-electron chi connectivity index (χ1n) is 7.37. The molecule has 0 saturated carbocycles. The van der Waals surface area contributed by atoms with Gasteiger partial charge in [0.2, 0.25) is 0 Å². The van der Waals surface area contributed by atoms with Gasteiger partial charge in [-0.25, -0.2) is 0 Å². The first-order chi connectivity index (χ1) is 9.72. The molecule has 2 rings (SSSR count). The van der Waals surface area contributed by atoms with Crippen molar-refractivity contribution in [3.63, 3.8) is 0 Å². The first kappa shape index (κ1) is 15.3. The molecule has 0 amide bonds. The van der Waals surface area contributed by atoms with Crippen molar-refractivity contribution >= 4 is 11.6 Å². The molecule has 108 valence electrons. The number of likely N-dealkylation sites (N-methyl/N-ethyl adjacent to an activating group) is 1. The number of halogens is 1. The van der Waals surface area contributed by atoms with Crippen molar-refractivity contribution in [2.24, 2.45) is 0 Å². The van der Waals surface area contributed by atoms with Crippen LogP contribution in [-0.2, 0) is 6.54 Å². The molecule has 1 atom stereocenters. The number of hydrogen-bond acceptors (Lipinski definition) is 3. The summed E-state index contributed by atoms with van der Waals surface area (Å²) in [6.07, 6.45) is 3.88. The van der Waals surface area contributed by atoms with E-state index in [9.17, 15) is 0 Å². The van der Waals surface area contributed by atoms with Crippen LogP contribution >= 0.6 is 11.6 Å². The second-order valence-electron chi connectivity index (χ2n) is 5.39. The van der Waals surface area contributed by atoms with Crippen LogP contribution in [0.15, 0.2) is 18.2 Å². The molecule has 0 aromatic heterocycles. The zero-order valence-electron chi connectivity index (χ0n) is 12.0. The largest absolute Gasteiger partial charge is 0.313 e. The van der Waals surface area contributed by atoms with Gasteiger partial charge in [-0.05, 0) is 43.6 Å². The highest BCUT2D eigenvalue weighted by atomic mass is 35.5. The molecule has 1 unspecified atom stereocenters. The van der Waals surface area contributed by atoms with Gasteiger partial charge in [-0.15, -0.1) is 0 Å². The van der Waals surface area contributed by atoms with Gasteiger partial charge in [0, 0.05) is 24.2 Å². The minimum Gasteiger partial charge on any atom is -0.313 e. The van der Waals surface area contributed by atoms with Gasteiger partial charge < -0.3 is 5.32 Å². The highest BCUT2D eigenvalue weighted by molar-refractivity contribution is 6.31. The molecule has 4 heteroatoms. The standard InChI is InChI=1S/C16H22ClN3/c1-2-20(12-15-5-3-4-8-19-15)11-14-7-6-13(10-18)9-16(14)17/h6-7,9,15,19H,2-5,8,11-12H2,1H3. The van der Waals surface area contributed by atoms with Crippen LogP contribution in [0.4, 0.5) is 0 Å². The summed E-state index contributed by atoms with van der Waals surface area (Å²) in [6.45, 7) is 6.24. The molecule has 0 bridgehead atoms. The molecule has 1 aromatic carbocycles. The van der Waals surface area contributed by atoms with E-state index >= 15 is 0 Å². The van der Waals surface area contributed by atoms with Gasteiger partial charge in [-0.3, -0.25) is 4.90 Å². The van der Waals surface area contributed by atoms with Gasteiger partial charge >= 0.3 is 0 Å². The van der Waals surface area contributed by atoms with Crippen LogP contribution in [0, 0.1) is 11.3 Å². The highest BCUT2D eigenvalue weighted by Crippen LogP contribution is 2.20. The van der Waals surface area contributed by atoms with Gasteiger partial charge in [0.05, 0.1) is 11.6 Å². The zero-order chi connectivity index (χ0) is 14.4. The molecule has 0 radical (unpaired) electrons. The molecule has 3 nitrogen and oxygen atoms in total. The lowest BCUT2D eigenvalue weighted by Crippen LogP contribution is -2.43. The lowest BCUT2D eigenvalue weighted by molar-refractivity contribution is 0.226. The third-order valence-electron chi connectivity index (χ3n) is 3.91. The maximum absolute atomic E-state index is 8.87. The minimum absolute atomic E-state index is 0.598. The fourth-order valence-corrected chi connectivity index (χ4v) is 2.92. The predicted octanol–water partition coefficient (Wildman–Crippen LogP) is 3.18. The van der Waals surface area contributed by atoms with Crippen molar-refractivity contribution in [3.8, 4) is 6.07 Å². The summed E-state index contributed by atoms with van der Waals surface area (Å²) < 4.78 is 0. The zero-order valence-corrected chi connectivity index (χ0v) is 12.8. The number of hydrogen-bond donors (Lipinski definition) is 1. The van der Waals surface area contributed by atoms with E-state index in [-0.39, 0.29) is 0 Å².